The van der Waals surface area contributed by atoms with Crippen molar-refractivity contribution in [2.75, 3.05) is 19.6 Å². The van der Waals surface area contributed by atoms with Crippen LogP contribution in [0.1, 0.15) is 67.1 Å². The lowest BCUT2D eigenvalue weighted by atomic mass is 9.67. The largest absolute Gasteiger partial charge is 0.355 e. The Balaban J connectivity index is 1.34. The fraction of sp³-hybridized carbons (Fsp3) is 0.519. The Labute approximate surface area is 185 Å². The first-order valence-corrected chi connectivity index (χ1v) is 11.9. The minimum absolute atomic E-state index is 0.141. The molecule has 2 aromatic carbocycles. The summed E-state index contributed by atoms with van der Waals surface area (Å²) in [6, 6.07) is 16.5. The second-order valence-electron chi connectivity index (χ2n) is 9.88. The van der Waals surface area contributed by atoms with Gasteiger partial charge < -0.3 is 5.32 Å². The summed E-state index contributed by atoms with van der Waals surface area (Å²) in [5, 5.41) is 3.13. The summed E-state index contributed by atoms with van der Waals surface area (Å²) in [5.74, 6) is 0.709. The lowest BCUT2D eigenvalue weighted by molar-refractivity contribution is -0.131. The molecule has 2 saturated heterocycles. The molecular weight excluding hydrogens is 387 g/mol. The van der Waals surface area contributed by atoms with Crippen LogP contribution in [0.25, 0.3) is 0 Å². The van der Waals surface area contributed by atoms with E-state index in [1.165, 1.54) is 48.9 Å². The fourth-order valence-corrected chi connectivity index (χ4v) is 6.44. The van der Waals surface area contributed by atoms with Crippen LogP contribution in [-0.4, -0.2) is 36.5 Å². The molecule has 4 heteroatoms. The molecule has 3 unspecified atom stereocenters. The lowest BCUT2D eigenvalue weighted by Crippen LogP contribution is -2.51. The molecule has 1 spiro atoms. The van der Waals surface area contributed by atoms with Gasteiger partial charge in [-0.15, -0.1) is 0 Å². The molecule has 1 amide bonds. The van der Waals surface area contributed by atoms with Gasteiger partial charge in [-0.3, -0.25) is 9.69 Å². The maximum absolute atomic E-state index is 13.5. The number of carbonyl (C=O) groups excluding carboxylic acids is 1. The normalized spacial score (nSPS) is 28.6. The van der Waals surface area contributed by atoms with Crippen molar-refractivity contribution in [2.24, 2.45) is 5.41 Å². The Kier molecular flexibility index (Phi) is 5.60. The lowest BCUT2D eigenvalue weighted by Gasteiger charge is -2.47. The highest BCUT2D eigenvalue weighted by Gasteiger charge is 2.52. The van der Waals surface area contributed by atoms with Gasteiger partial charge in [-0.2, -0.15) is 0 Å². The molecule has 5 rings (SSSR count). The van der Waals surface area contributed by atoms with Crippen molar-refractivity contribution < 1.29 is 9.18 Å². The van der Waals surface area contributed by atoms with Gasteiger partial charge >= 0.3 is 0 Å². The molecule has 0 aromatic heterocycles. The molecule has 2 aromatic rings. The summed E-state index contributed by atoms with van der Waals surface area (Å²) in [6.45, 7) is 4.76. The average molecular weight is 421 g/mol. The topological polar surface area (TPSA) is 32.3 Å². The molecule has 3 nitrogen and oxygen atoms in total. The van der Waals surface area contributed by atoms with Crippen molar-refractivity contribution in [3.8, 4) is 0 Å². The average Bonchev–Trinajstić information content (AvgIpc) is 3.11. The summed E-state index contributed by atoms with van der Waals surface area (Å²) < 4.78 is 13.5. The number of likely N-dealkylation sites (tertiary alicyclic amines) is 1. The van der Waals surface area contributed by atoms with Gasteiger partial charge in [-0.25, -0.2) is 4.39 Å². The summed E-state index contributed by atoms with van der Waals surface area (Å²) >= 11 is 0. The molecule has 2 aliphatic heterocycles. The van der Waals surface area contributed by atoms with Crippen LogP contribution >= 0.6 is 0 Å². The number of nitrogens with zero attached hydrogens (tertiary/aromatic N) is 1. The predicted octanol–water partition coefficient (Wildman–Crippen LogP) is 5.16. The Morgan fingerprint density at radius 3 is 2.29 bits per heavy atom. The maximum atomic E-state index is 13.5. The highest BCUT2D eigenvalue weighted by atomic mass is 19.1. The first-order chi connectivity index (χ1) is 15.1. The number of halogens is 1. The number of hydrogen-bond acceptors (Lipinski definition) is 2. The minimum atomic E-state index is -0.345. The monoisotopic (exact) mass is 420 g/mol. The molecule has 1 aliphatic carbocycles. The van der Waals surface area contributed by atoms with E-state index in [-0.39, 0.29) is 23.1 Å². The van der Waals surface area contributed by atoms with E-state index in [9.17, 15) is 9.18 Å². The van der Waals surface area contributed by atoms with Gasteiger partial charge in [-0.1, -0.05) is 54.8 Å². The third-order valence-electron chi connectivity index (χ3n) is 8.25. The Bertz CT molecular complexity index is 915. The van der Waals surface area contributed by atoms with Crippen LogP contribution in [-0.2, 0) is 4.79 Å². The highest BCUT2D eigenvalue weighted by molar-refractivity contribution is 5.86. The zero-order valence-electron chi connectivity index (χ0n) is 18.4. The van der Waals surface area contributed by atoms with Crippen molar-refractivity contribution in [1.82, 2.24) is 10.2 Å². The van der Waals surface area contributed by atoms with Crippen LogP contribution in [0, 0.1) is 18.2 Å². The van der Waals surface area contributed by atoms with Gasteiger partial charge in [0.15, 0.2) is 0 Å². The molecule has 164 valence electrons. The van der Waals surface area contributed by atoms with Crippen LogP contribution in [0.3, 0.4) is 0 Å². The second kappa shape index (κ2) is 8.38. The number of hydrogen-bond donors (Lipinski definition) is 1. The van der Waals surface area contributed by atoms with Crippen molar-refractivity contribution >= 4 is 5.91 Å². The molecule has 1 N–H and O–H groups in total. The molecule has 2 heterocycles. The van der Waals surface area contributed by atoms with Gasteiger partial charge in [0, 0.05) is 18.5 Å². The quantitative estimate of drug-likeness (QED) is 0.744. The van der Waals surface area contributed by atoms with E-state index in [4.69, 9.17) is 0 Å². The van der Waals surface area contributed by atoms with Gasteiger partial charge in [-0.05, 0) is 74.9 Å². The van der Waals surface area contributed by atoms with Gasteiger partial charge in [0.05, 0.1) is 5.41 Å². The molecule has 31 heavy (non-hydrogen) atoms. The SMILES string of the molecule is Cc1ccc(C2CCCCC2N2CCC3(CC2)C(=O)NCC3c2ccc(F)cc2)cc1. The number of amides is 1. The van der Waals surface area contributed by atoms with Crippen molar-refractivity contribution in [3.05, 3.63) is 71.0 Å². The molecular formula is C27H33FN2O. The Hall–Kier alpha value is -2.20. The molecule has 0 radical (unpaired) electrons. The Morgan fingerprint density at radius 1 is 0.935 bits per heavy atom. The summed E-state index contributed by atoms with van der Waals surface area (Å²) in [5.41, 5.74) is 3.53. The molecule has 3 fully saturated rings. The third-order valence-corrected chi connectivity index (χ3v) is 8.25. The smallest absolute Gasteiger partial charge is 0.227 e. The van der Waals surface area contributed by atoms with Crippen molar-refractivity contribution in [3.63, 3.8) is 0 Å². The van der Waals surface area contributed by atoms with Crippen LogP contribution in [0.4, 0.5) is 4.39 Å². The van der Waals surface area contributed by atoms with E-state index in [1.54, 1.807) is 0 Å². The zero-order valence-corrected chi connectivity index (χ0v) is 18.4. The van der Waals surface area contributed by atoms with E-state index >= 15 is 0 Å². The minimum Gasteiger partial charge on any atom is -0.355 e. The van der Waals surface area contributed by atoms with E-state index < -0.39 is 0 Å². The third kappa shape index (κ3) is 3.80. The number of nitrogens with one attached hydrogen (secondary N) is 1. The molecule has 0 bridgehead atoms. The highest BCUT2D eigenvalue weighted by Crippen LogP contribution is 2.49. The first-order valence-electron chi connectivity index (χ1n) is 11.9. The van der Waals surface area contributed by atoms with E-state index in [0.717, 1.165) is 31.5 Å². The first kappa shape index (κ1) is 20.7. The standard InChI is InChI=1S/C27H33FN2O/c1-19-6-8-20(9-7-19)23-4-2-3-5-25(23)30-16-14-27(15-17-30)24(18-29-26(27)31)21-10-12-22(28)13-11-21/h6-13,23-25H,2-5,14-18H2,1H3,(H,29,31). The van der Waals surface area contributed by atoms with Gasteiger partial charge in [0.1, 0.15) is 5.82 Å². The summed E-state index contributed by atoms with van der Waals surface area (Å²) in [4.78, 5) is 15.7. The molecule has 1 saturated carbocycles. The number of benzene rings is 2. The van der Waals surface area contributed by atoms with Crippen LogP contribution in [0.2, 0.25) is 0 Å². The predicted molar refractivity (Wildman–Crippen MR) is 122 cm³/mol. The zero-order chi connectivity index (χ0) is 21.4. The van der Waals surface area contributed by atoms with Crippen LogP contribution in [0.15, 0.2) is 48.5 Å². The maximum Gasteiger partial charge on any atom is 0.227 e. The number of piperidine rings is 1. The van der Waals surface area contributed by atoms with Crippen molar-refractivity contribution in [2.45, 2.75) is 63.3 Å². The van der Waals surface area contributed by atoms with Gasteiger partial charge in [0.2, 0.25) is 5.91 Å². The number of rotatable bonds is 3. The van der Waals surface area contributed by atoms with Crippen LogP contribution in [0.5, 0.6) is 0 Å². The van der Waals surface area contributed by atoms with E-state index in [0.29, 0.717) is 18.5 Å². The number of aryl methyl sites for hydroxylation is 1. The van der Waals surface area contributed by atoms with E-state index in [1.807, 2.05) is 12.1 Å². The second-order valence-corrected chi connectivity index (χ2v) is 9.88. The van der Waals surface area contributed by atoms with E-state index in [2.05, 4.69) is 41.4 Å². The molecule has 3 aliphatic rings. The van der Waals surface area contributed by atoms with Gasteiger partial charge in [0.25, 0.3) is 0 Å². The molecule has 3 atom stereocenters. The Morgan fingerprint density at radius 2 is 1.58 bits per heavy atom. The summed E-state index contributed by atoms with van der Waals surface area (Å²) in [7, 11) is 0. The number of carbonyl (C=O) groups is 1. The van der Waals surface area contributed by atoms with Crippen LogP contribution < -0.4 is 5.32 Å². The summed E-state index contributed by atoms with van der Waals surface area (Å²) in [6.07, 6.45) is 6.89. The van der Waals surface area contributed by atoms with Crippen molar-refractivity contribution in [1.29, 1.82) is 0 Å². The fourth-order valence-electron chi connectivity index (χ4n) is 6.44.